The summed E-state index contributed by atoms with van der Waals surface area (Å²) >= 11 is 5.86. The largest absolute Gasteiger partial charge is 0.368 e. The van der Waals surface area contributed by atoms with Gasteiger partial charge in [0.15, 0.2) is 5.69 Å². The highest BCUT2D eigenvalue weighted by molar-refractivity contribution is 6.31. The number of halogens is 1. The van der Waals surface area contributed by atoms with Crippen LogP contribution in [0.4, 0.5) is 5.82 Å². The molecule has 0 radical (unpaired) electrons. The van der Waals surface area contributed by atoms with E-state index in [1.165, 1.54) is 5.56 Å². The fourth-order valence-electron chi connectivity index (χ4n) is 1.95. The summed E-state index contributed by atoms with van der Waals surface area (Å²) in [6.45, 7) is 2.10. The van der Waals surface area contributed by atoms with Gasteiger partial charge < -0.3 is 5.32 Å². The molecule has 0 aliphatic heterocycles. The van der Waals surface area contributed by atoms with Gasteiger partial charge in [-0.15, -0.1) is 0 Å². The third-order valence-corrected chi connectivity index (χ3v) is 3.36. The van der Waals surface area contributed by atoms with E-state index in [1.807, 2.05) is 24.3 Å². The summed E-state index contributed by atoms with van der Waals surface area (Å²) in [5, 5.41) is 12.6. The van der Waals surface area contributed by atoms with E-state index in [4.69, 9.17) is 16.9 Å². The van der Waals surface area contributed by atoms with Crippen LogP contribution < -0.4 is 5.32 Å². The molecule has 20 heavy (non-hydrogen) atoms. The summed E-state index contributed by atoms with van der Waals surface area (Å²) in [6.07, 6.45) is 2.00. The van der Waals surface area contributed by atoms with Crippen LogP contribution in [0.5, 0.6) is 0 Å². The maximum absolute atomic E-state index is 8.90. The molecule has 4 heteroatoms. The van der Waals surface area contributed by atoms with Crippen molar-refractivity contribution in [1.82, 2.24) is 4.98 Å². The highest BCUT2D eigenvalue weighted by atomic mass is 35.5. The van der Waals surface area contributed by atoms with Crippen molar-refractivity contribution in [3.63, 3.8) is 0 Å². The van der Waals surface area contributed by atoms with Gasteiger partial charge in [-0.25, -0.2) is 4.98 Å². The second-order valence-electron chi connectivity index (χ2n) is 4.71. The molecule has 1 aromatic heterocycles. The average Bonchev–Trinajstić information content (AvgIpc) is 2.48. The first-order valence-electron chi connectivity index (χ1n) is 6.56. The van der Waals surface area contributed by atoms with E-state index in [9.17, 15) is 0 Å². The Balaban J connectivity index is 1.91. The van der Waals surface area contributed by atoms with Gasteiger partial charge in [0.05, 0.1) is 5.02 Å². The first kappa shape index (κ1) is 14.4. The zero-order chi connectivity index (χ0) is 14.4. The van der Waals surface area contributed by atoms with Crippen molar-refractivity contribution in [2.75, 3.05) is 5.32 Å². The van der Waals surface area contributed by atoms with Crippen LogP contribution in [0.25, 0.3) is 0 Å². The van der Waals surface area contributed by atoms with Crippen molar-refractivity contribution >= 4 is 17.4 Å². The average molecular weight is 286 g/mol. The molecule has 1 N–H and O–H groups in total. The third-order valence-electron chi connectivity index (χ3n) is 3.06. The normalized spacial score (nSPS) is 11.7. The van der Waals surface area contributed by atoms with E-state index in [1.54, 1.807) is 12.1 Å². The van der Waals surface area contributed by atoms with Crippen molar-refractivity contribution in [3.8, 4) is 6.07 Å². The van der Waals surface area contributed by atoms with Crippen molar-refractivity contribution in [2.24, 2.45) is 0 Å². The predicted molar refractivity (Wildman–Crippen MR) is 81.8 cm³/mol. The molecule has 1 atom stereocenters. The lowest BCUT2D eigenvalue weighted by Gasteiger charge is -2.14. The summed E-state index contributed by atoms with van der Waals surface area (Å²) in [4.78, 5) is 4.18. The Labute approximate surface area is 124 Å². The third kappa shape index (κ3) is 3.97. The molecule has 2 rings (SSSR count). The lowest BCUT2D eigenvalue weighted by Crippen LogP contribution is -2.17. The van der Waals surface area contributed by atoms with Gasteiger partial charge in [0.1, 0.15) is 11.9 Å². The van der Waals surface area contributed by atoms with Gasteiger partial charge >= 0.3 is 0 Å². The van der Waals surface area contributed by atoms with E-state index in [2.05, 4.69) is 29.4 Å². The van der Waals surface area contributed by atoms with Gasteiger partial charge in [-0.05, 0) is 37.5 Å². The fraction of sp³-hybridized carbons (Fsp3) is 0.250. The second-order valence-corrected chi connectivity index (χ2v) is 5.12. The summed E-state index contributed by atoms with van der Waals surface area (Å²) in [6, 6.07) is 16.1. The van der Waals surface area contributed by atoms with E-state index in [-0.39, 0.29) is 11.7 Å². The number of aryl methyl sites for hydroxylation is 1. The zero-order valence-corrected chi connectivity index (χ0v) is 12.1. The van der Waals surface area contributed by atoms with Gasteiger partial charge in [-0.1, -0.05) is 41.9 Å². The SMILES string of the molecule is CC(CCc1ccccc1)Nc1ccc(Cl)c(C#N)n1. The van der Waals surface area contributed by atoms with E-state index in [0.717, 1.165) is 12.8 Å². The molecule has 0 saturated carbocycles. The topological polar surface area (TPSA) is 48.7 Å². The number of anilines is 1. The monoisotopic (exact) mass is 285 g/mol. The fourth-order valence-corrected chi connectivity index (χ4v) is 2.10. The number of nitrogens with one attached hydrogen (secondary N) is 1. The standard InChI is InChI=1S/C16H16ClN3/c1-12(7-8-13-5-3-2-4-6-13)19-16-10-9-14(17)15(11-18)20-16/h2-6,9-10,12H,7-8H2,1H3,(H,19,20). The molecule has 102 valence electrons. The Morgan fingerprint density at radius 3 is 2.70 bits per heavy atom. The number of pyridine rings is 1. The molecule has 0 spiro atoms. The van der Waals surface area contributed by atoms with Gasteiger partial charge in [-0.3, -0.25) is 0 Å². The quantitative estimate of drug-likeness (QED) is 0.902. The minimum atomic E-state index is 0.256. The Kier molecular flexibility index (Phi) is 4.97. The Bertz CT molecular complexity index is 605. The molecular formula is C16H16ClN3. The molecule has 0 aliphatic carbocycles. The van der Waals surface area contributed by atoms with Crippen LogP contribution in [0, 0.1) is 11.3 Å². The van der Waals surface area contributed by atoms with Crippen LogP contribution in [0.2, 0.25) is 5.02 Å². The lowest BCUT2D eigenvalue weighted by molar-refractivity contribution is 0.703. The maximum atomic E-state index is 8.90. The van der Waals surface area contributed by atoms with E-state index >= 15 is 0 Å². The summed E-state index contributed by atoms with van der Waals surface area (Å²) < 4.78 is 0. The van der Waals surface area contributed by atoms with Gasteiger partial charge in [-0.2, -0.15) is 5.26 Å². The number of hydrogen-bond donors (Lipinski definition) is 1. The molecular weight excluding hydrogens is 270 g/mol. The van der Waals surface area contributed by atoms with Crippen LogP contribution >= 0.6 is 11.6 Å². The second kappa shape index (κ2) is 6.93. The number of aromatic nitrogens is 1. The highest BCUT2D eigenvalue weighted by Gasteiger charge is 2.06. The van der Waals surface area contributed by atoms with Crippen molar-refractivity contribution in [2.45, 2.75) is 25.8 Å². The van der Waals surface area contributed by atoms with E-state index in [0.29, 0.717) is 10.8 Å². The smallest absolute Gasteiger partial charge is 0.161 e. The molecule has 0 fully saturated rings. The molecule has 1 unspecified atom stereocenters. The number of hydrogen-bond acceptors (Lipinski definition) is 3. The predicted octanol–water partition coefficient (Wildman–Crippen LogP) is 4.04. The zero-order valence-electron chi connectivity index (χ0n) is 11.3. The molecule has 2 aromatic rings. The summed E-state index contributed by atoms with van der Waals surface area (Å²) in [7, 11) is 0. The van der Waals surface area contributed by atoms with Crippen LogP contribution in [0.15, 0.2) is 42.5 Å². The highest BCUT2D eigenvalue weighted by Crippen LogP contribution is 2.17. The van der Waals surface area contributed by atoms with Crippen LogP contribution in [-0.2, 0) is 6.42 Å². The van der Waals surface area contributed by atoms with Crippen LogP contribution in [-0.4, -0.2) is 11.0 Å². The molecule has 1 heterocycles. The molecule has 1 aromatic carbocycles. The first-order chi connectivity index (χ1) is 9.69. The minimum Gasteiger partial charge on any atom is -0.368 e. The molecule has 0 bridgehead atoms. The number of benzene rings is 1. The van der Waals surface area contributed by atoms with Crippen LogP contribution in [0.1, 0.15) is 24.6 Å². The van der Waals surface area contributed by atoms with Crippen molar-refractivity contribution in [1.29, 1.82) is 5.26 Å². The van der Waals surface area contributed by atoms with Gasteiger partial charge in [0.25, 0.3) is 0 Å². The Morgan fingerprint density at radius 1 is 1.25 bits per heavy atom. The number of nitrogens with zero attached hydrogens (tertiary/aromatic N) is 2. The molecule has 0 amide bonds. The van der Waals surface area contributed by atoms with Gasteiger partial charge in [0, 0.05) is 6.04 Å². The number of nitriles is 1. The summed E-state index contributed by atoms with van der Waals surface area (Å²) in [5.74, 6) is 0.687. The number of rotatable bonds is 5. The minimum absolute atomic E-state index is 0.256. The van der Waals surface area contributed by atoms with Gasteiger partial charge in [0.2, 0.25) is 0 Å². The van der Waals surface area contributed by atoms with E-state index < -0.39 is 0 Å². The van der Waals surface area contributed by atoms with Crippen molar-refractivity contribution < 1.29 is 0 Å². The maximum Gasteiger partial charge on any atom is 0.161 e. The Hall–Kier alpha value is -2.05. The molecule has 3 nitrogen and oxygen atoms in total. The van der Waals surface area contributed by atoms with Crippen LogP contribution in [0.3, 0.4) is 0 Å². The molecule has 0 aliphatic rings. The first-order valence-corrected chi connectivity index (χ1v) is 6.94. The van der Waals surface area contributed by atoms with Crippen molar-refractivity contribution in [3.05, 3.63) is 58.7 Å². The summed E-state index contributed by atoms with van der Waals surface area (Å²) in [5.41, 5.74) is 1.58. The lowest BCUT2D eigenvalue weighted by atomic mass is 10.1. The Morgan fingerprint density at radius 2 is 2.00 bits per heavy atom. The molecule has 0 saturated heterocycles.